The largest absolute Gasteiger partial charge is 0.496 e. The summed E-state index contributed by atoms with van der Waals surface area (Å²) >= 11 is 7.84. The van der Waals surface area contributed by atoms with Gasteiger partial charge >= 0.3 is 0 Å². The maximum absolute atomic E-state index is 5.98. The first-order chi connectivity index (χ1) is 7.98. The lowest BCUT2D eigenvalue weighted by Gasteiger charge is -2.22. The fourth-order valence-corrected chi connectivity index (χ4v) is 1.90. The summed E-state index contributed by atoms with van der Waals surface area (Å²) in [6, 6.07) is 5.69. The topological polar surface area (TPSA) is 21.3 Å². The van der Waals surface area contributed by atoms with Crippen LogP contribution in [0, 0.1) is 0 Å². The van der Waals surface area contributed by atoms with E-state index in [0.717, 1.165) is 29.4 Å². The van der Waals surface area contributed by atoms with E-state index in [1.54, 1.807) is 7.11 Å². The number of rotatable bonds is 6. The number of benzene rings is 1. The highest BCUT2D eigenvalue weighted by atomic mass is 35.5. The Bertz CT molecular complexity index is 368. The SMILES string of the molecule is COc1ccc(Cl)cc1CNCC(C)(C)SC. The lowest BCUT2D eigenvalue weighted by Crippen LogP contribution is -2.31. The Hall–Kier alpha value is -0.380. The molecule has 0 saturated carbocycles. The molecule has 17 heavy (non-hydrogen) atoms. The van der Waals surface area contributed by atoms with Crippen molar-refractivity contribution < 1.29 is 4.74 Å². The highest BCUT2D eigenvalue weighted by molar-refractivity contribution is 7.99. The number of halogens is 1. The molecule has 0 amide bonds. The van der Waals surface area contributed by atoms with E-state index in [0.29, 0.717) is 0 Å². The van der Waals surface area contributed by atoms with Gasteiger partial charge in [-0.05, 0) is 38.3 Å². The molecule has 0 aliphatic rings. The number of methoxy groups -OCH3 is 1. The highest BCUT2D eigenvalue weighted by Crippen LogP contribution is 2.23. The third-order valence-electron chi connectivity index (χ3n) is 2.66. The van der Waals surface area contributed by atoms with Crippen molar-refractivity contribution in [3.8, 4) is 5.75 Å². The second-order valence-corrected chi connectivity index (χ2v) is 6.47. The Labute approximate surface area is 113 Å². The number of nitrogens with one attached hydrogen (secondary N) is 1. The molecule has 0 spiro atoms. The van der Waals surface area contributed by atoms with Crippen LogP contribution >= 0.6 is 23.4 Å². The van der Waals surface area contributed by atoms with Crippen LogP contribution in [0.4, 0.5) is 0 Å². The van der Waals surface area contributed by atoms with Crippen LogP contribution in [0.15, 0.2) is 18.2 Å². The zero-order chi connectivity index (χ0) is 12.9. The van der Waals surface area contributed by atoms with Gasteiger partial charge < -0.3 is 10.1 Å². The van der Waals surface area contributed by atoms with Crippen molar-refractivity contribution in [2.24, 2.45) is 0 Å². The van der Waals surface area contributed by atoms with Gasteiger partial charge in [0.05, 0.1) is 7.11 Å². The smallest absolute Gasteiger partial charge is 0.123 e. The standard InChI is InChI=1S/C13H20ClNOS/c1-13(2,17-4)9-15-8-10-7-11(14)5-6-12(10)16-3/h5-7,15H,8-9H2,1-4H3. The van der Waals surface area contributed by atoms with Gasteiger partial charge in [-0.1, -0.05) is 11.6 Å². The second kappa shape index (κ2) is 6.53. The molecule has 0 radical (unpaired) electrons. The molecule has 2 nitrogen and oxygen atoms in total. The summed E-state index contributed by atoms with van der Waals surface area (Å²) in [6.07, 6.45) is 2.13. The van der Waals surface area contributed by atoms with E-state index in [1.165, 1.54) is 0 Å². The minimum atomic E-state index is 0.242. The molecule has 0 aliphatic heterocycles. The molecule has 0 aromatic heterocycles. The first-order valence-electron chi connectivity index (χ1n) is 5.57. The molecule has 0 saturated heterocycles. The summed E-state index contributed by atoms with van der Waals surface area (Å²) in [5, 5.41) is 4.18. The van der Waals surface area contributed by atoms with Crippen LogP contribution in [0.25, 0.3) is 0 Å². The van der Waals surface area contributed by atoms with Crippen LogP contribution in [-0.2, 0) is 6.54 Å². The molecule has 0 heterocycles. The highest BCUT2D eigenvalue weighted by Gasteiger charge is 2.15. The molecule has 0 bridgehead atoms. The van der Waals surface area contributed by atoms with Gasteiger partial charge in [-0.25, -0.2) is 0 Å². The Morgan fingerprint density at radius 2 is 2.12 bits per heavy atom. The van der Waals surface area contributed by atoms with Crippen LogP contribution in [0.2, 0.25) is 5.02 Å². The number of hydrogen-bond acceptors (Lipinski definition) is 3. The molecule has 1 aromatic carbocycles. The van der Waals surface area contributed by atoms with Crippen LogP contribution in [-0.4, -0.2) is 24.7 Å². The van der Waals surface area contributed by atoms with Crippen molar-refractivity contribution in [2.75, 3.05) is 19.9 Å². The average molecular weight is 274 g/mol. The average Bonchev–Trinajstić information content (AvgIpc) is 2.29. The van der Waals surface area contributed by atoms with Crippen molar-refractivity contribution >= 4 is 23.4 Å². The Kier molecular flexibility index (Phi) is 5.63. The third kappa shape index (κ3) is 4.78. The lowest BCUT2D eigenvalue weighted by atomic mass is 10.1. The Balaban J connectivity index is 2.59. The van der Waals surface area contributed by atoms with Crippen LogP contribution < -0.4 is 10.1 Å². The third-order valence-corrected chi connectivity index (χ3v) is 4.15. The van der Waals surface area contributed by atoms with Gasteiger partial charge in [-0.15, -0.1) is 0 Å². The van der Waals surface area contributed by atoms with Gasteiger partial charge in [-0.2, -0.15) is 11.8 Å². The fourth-order valence-electron chi connectivity index (χ4n) is 1.46. The summed E-state index contributed by atoms with van der Waals surface area (Å²) < 4.78 is 5.55. The lowest BCUT2D eigenvalue weighted by molar-refractivity contribution is 0.407. The van der Waals surface area contributed by atoms with E-state index in [2.05, 4.69) is 25.4 Å². The van der Waals surface area contributed by atoms with E-state index in [1.807, 2.05) is 30.0 Å². The predicted octanol–water partition coefficient (Wildman–Crippen LogP) is 3.58. The van der Waals surface area contributed by atoms with Crippen molar-refractivity contribution in [3.05, 3.63) is 28.8 Å². The molecule has 0 unspecified atom stereocenters. The van der Waals surface area contributed by atoms with E-state index in [9.17, 15) is 0 Å². The molecular formula is C13H20ClNOS. The molecule has 0 atom stereocenters. The summed E-state index contributed by atoms with van der Waals surface area (Å²) in [7, 11) is 1.68. The summed E-state index contributed by atoms with van der Waals surface area (Å²) in [5.41, 5.74) is 1.09. The predicted molar refractivity (Wildman–Crippen MR) is 77.3 cm³/mol. The minimum Gasteiger partial charge on any atom is -0.496 e. The first-order valence-corrected chi connectivity index (χ1v) is 7.17. The van der Waals surface area contributed by atoms with Gasteiger partial charge in [0.15, 0.2) is 0 Å². The Morgan fingerprint density at radius 3 is 2.71 bits per heavy atom. The van der Waals surface area contributed by atoms with Crippen molar-refractivity contribution in [3.63, 3.8) is 0 Å². The van der Waals surface area contributed by atoms with E-state index < -0.39 is 0 Å². The number of thioether (sulfide) groups is 1. The molecule has 1 N–H and O–H groups in total. The van der Waals surface area contributed by atoms with Crippen molar-refractivity contribution in [2.45, 2.75) is 25.1 Å². The molecule has 4 heteroatoms. The quantitative estimate of drug-likeness (QED) is 0.856. The molecule has 96 valence electrons. The maximum atomic E-state index is 5.98. The van der Waals surface area contributed by atoms with Gasteiger partial charge in [0.2, 0.25) is 0 Å². The van der Waals surface area contributed by atoms with E-state index in [4.69, 9.17) is 16.3 Å². The Morgan fingerprint density at radius 1 is 1.41 bits per heavy atom. The van der Waals surface area contributed by atoms with Gasteiger partial charge in [0, 0.05) is 28.4 Å². The van der Waals surface area contributed by atoms with E-state index >= 15 is 0 Å². The number of ether oxygens (including phenoxy) is 1. The summed E-state index contributed by atoms with van der Waals surface area (Å²) in [4.78, 5) is 0. The molecule has 0 aliphatic carbocycles. The monoisotopic (exact) mass is 273 g/mol. The zero-order valence-corrected chi connectivity index (χ0v) is 12.4. The maximum Gasteiger partial charge on any atom is 0.123 e. The molecule has 1 rings (SSSR count). The normalized spacial score (nSPS) is 11.6. The molecule has 1 aromatic rings. The minimum absolute atomic E-state index is 0.242. The molecule has 0 fully saturated rings. The van der Waals surface area contributed by atoms with Crippen LogP contribution in [0.1, 0.15) is 19.4 Å². The summed E-state index contributed by atoms with van der Waals surface area (Å²) in [6.45, 7) is 6.16. The summed E-state index contributed by atoms with van der Waals surface area (Å²) in [5.74, 6) is 0.879. The van der Waals surface area contributed by atoms with E-state index in [-0.39, 0.29) is 4.75 Å². The fraction of sp³-hybridized carbons (Fsp3) is 0.538. The van der Waals surface area contributed by atoms with Crippen LogP contribution in [0.3, 0.4) is 0 Å². The van der Waals surface area contributed by atoms with Crippen LogP contribution in [0.5, 0.6) is 5.75 Å². The van der Waals surface area contributed by atoms with Gasteiger partial charge in [0.1, 0.15) is 5.75 Å². The first kappa shape index (κ1) is 14.7. The van der Waals surface area contributed by atoms with Gasteiger partial charge in [0.25, 0.3) is 0 Å². The van der Waals surface area contributed by atoms with Crippen molar-refractivity contribution in [1.82, 2.24) is 5.32 Å². The van der Waals surface area contributed by atoms with Crippen molar-refractivity contribution in [1.29, 1.82) is 0 Å². The molecular weight excluding hydrogens is 254 g/mol. The zero-order valence-electron chi connectivity index (χ0n) is 10.8. The second-order valence-electron chi connectivity index (χ2n) is 4.52. The van der Waals surface area contributed by atoms with Gasteiger partial charge in [-0.3, -0.25) is 0 Å². The number of hydrogen-bond donors (Lipinski definition) is 1.